The first-order valence-electron chi connectivity index (χ1n) is 6.32. The van der Waals surface area contributed by atoms with Gasteiger partial charge >= 0.3 is 0 Å². The number of carbonyl (C=O) groups excluding carboxylic acids is 1. The van der Waals surface area contributed by atoms with E-state index in [0.29, 0.717) is 24.6 Å². The molecule has 0 bridgehead atoms. The molecule has 1 aliphatic rings. The highest BCUT2D eigenvalue weighted by Gasteiger charge is 2.28. The van der Waals surface area contributed by atoms with Crippen LogP contribution >= 0.6 is 0 Å². The minimum Gasteiger partial charge on any atom is -0.395 e. The number of aromatic amines is 1. The molecule has 18 heavy (non-hydrogen) atoms. The van der Waals surface area contributed by atoms with Crippen molar-refractivity contribution in [3.05, 3.63) is 11.4 Å². The van der Waals surface area contributed by atoms with Gasteiger partial charge in [-0.1, -0.05) is 13.3 Å². The standard InChI is InChI=1S/C12H20N4O2/c1-3-4-9-10(13)11(15-14-9)12(17)16(2)8-5-6-18-7-8/h8H,3-7,13H2,1-2H3,(H,14,15). The second-order valence-electron chi connectivity index (χ2n) is 4.65. The first kappa shape index (κ1) is 12.9. The Kier molecular flexibility index (Phi) is 3.86. The predicted octanol–water partition coefficient (Wildman–Crippen LogP) is 0.805. The third-order valence-corrected chi connectivity index (χ3v) is 3.36. The normalized spacial score (nSPS) is 19.1. The molecule has 6 heteroatoms. The minimum atomic E-state index is -0.137. The number of rotatable bonds is 4. The Hall–Kier alpha value is -1.56. The fourth-order valence-electron chi connectivity index (χ4n) is 2.15. The van der Waals surface area contributed by atoms with Crippen molar-refractivity contribution in [1.82, 2.24) is 15.1 Å². The lowest BCUT2D eigenvalue weighted by atomic mass is 10.1. The van der Waals surface area contributed by atoms with E-state index in [-0.39, 0.29) is 11.9 Å². The van der Waals surface area contributed by atoms with E-state index in [1.54, 1.807) is 11.9 Å². The number of anilines is 1. The molecule has 1 aromatic rings. The maximum atomic E-state index is 12.3. The van der Waals surface area contributed by atoms with Gasteiger partial charge in [0.2, 0.25) is 0 Å². The quantitative estimate of drug-likeness (QED) is 0.830. The van der Waals surface area contributed by atoms with E-state index in [1.165, 1.54) is 0 Å². The largest absolute Gasteiger partial charge is 0.395 e. The lowest BCUT2D eigenvalue weighted by molar-refractivity contribution is 0.0706. The van der Waals surface area contributed by atoms with Crippen LogP contribution in [0.2, 0.25) is 0 Å². The Morgan fingerprint density at radius 3 is 3.06 bits per heavy atom. The summed E-state index contributed by atoms with van der Waals surface area (Å²) in [5.41, 5.74) is 7.60. The monoisotopic (exact) mass is 252 g/mol. The molecule has 2 rings (SSSR count). The fourth-order valence-corrected chi connectivity index (χ4v) is 2.15. The van der Waals surface area contributed by atoms with E-state index in [1.807, 2.05) is 0 Å². The fraction of sp³-hybridized carbons (Fsp3) is 0.667. The number of nitrogens with two attached hydrogens (primary N) is 1. The highest BCUT2D eigenvalue weighted by molar-refractivity contribution is 5.97. The van der Waals surface area contributed by atoms with E-state index >= 15 is 0 Å². The second-order valence-corrected chi connectivity index (χ2v) is 4.65. The highest BCUT2D eigenvalue weighted by atomic mass is 16.5. The zero-order valence-corrected chi connectivity index (χ0v) is 10.9. The van der Waals surface area contributed by atoms with Gasteiger partial charge in [-0.2, -0.15) is 5.10 Å². The van der Waals surface area contributed by atoms with Crippen molar-refractivity contribution in [3.63, 3.8) is 0 Å². The molecule has 100 valence electrons. The number of nitrogen functional groups attached to an aromatic ring is 1. The minimum absolute atomic E-state index is 0.128. The number of H-pyrrole nitrogens is 1. The molecular formula is C12H20N4O2. The molecule has 0 saturated carbocycles. The van der Waals surface area contributed by atoms with Crippen molar-refractivity contribution in [2.45, 2.75) is 32.2 Å². The number of aryl methyl sites for hydroxylation is 1. The average Bonchev–Trinajstić information content (AvgIpc) is 2.99. The molecule has 1 aliphatic heterocycles. The van der Waals surface area contributed by atoms with Crippen LogP contribution in [0, 0.1) is 0 Å². The van der Waals surface area contributed by atoms with E-state index in [9.17, 15) is 4.79 Å². The van der Waals surface area contributed by atoms with Gasteiger partial charge in [-0.15, -0.1) is 0 Å². The maximum absolute atomic E-state index is 12.3. The van der Waals surface area contributed by atoms with Gasteiger partial charge in [-0.3, -0.25) is 9.89 Å². The summed E-state index contributed by atoms with van der Waals surface area (Å²) < 4.78 is 5.28. The van der Waals surface area contributed by atoms with Crippen LogP contribution < -0.4 is 5.73 Å². The first-order chi connectivity index (χ1) is 8.65. The number of nitrogens with zero attached hydrogens (tertiary/aromatic N) is 2. The molecule has 0 aromatic carbocycles. The van der Waals surface area contributed by atoms with Gasteiger partial charge in [-0.05, 0) is 12.8 Å². The van der Waals surface area contributed by atoms with Gasteiger partial charge in [-0.25, -0.2) is 0 Å². The van der Waals surface area contributed by atoms with E-state index < -0.39 is 0 Å². The number of hydrogen-bond acceptors (Lipinski definition) is 4. The Balaban J connectivity index is 2.12. The summed E-state index contributed by atoms with van der Waals surface area (Å²) in [4.78, 5) is 14.0. The van der Waals surface area contributed by atoms with Crippen LogP contribution in [0.5, 0.6) is 0 Å². The molecule has 1 aromatic heterocycles. The smallest absolute Gasteiger partial charge is 0.276 e. The van der Waals surface area contributed by atoms with E-state index in [2.05, 4.69) is 17.1 Å². The summed E-state index contributed by atoms with van der Waals surface area (Å²) in [6.45, 7) is 3.36. The maximum Gasteiger partial charge on any atom is 0.276 e. The third kappa shape index (κ3) is 2.33. The van der Waals surface area contributed by atoms with E-state index in [4.69, 9.17) is 10.5 Å². The average molecular weight is 252 g/mol. The first-order valence-corrected chi connectivity index (χ1v) is 6.32. The molecule has 6 nitrogen and oxygen atoms in total. The number of aromatic nitrogens is 2. The van der Waals surface area contributed by atoms with Crippen molar-refractivity contribution in [3.8, 4) is 0 Å². The van der Waals surface area contributed by atoms with Crippen LogP contribution in [-0.4, -0.2) is 47.3 Å². The molecule has 0 radical (unpaired) electrons. The summed E-state index contributed by atoms with van der Waals surface area (Å²) in [5.74, 6) is -0.137. The number of carbonyl (C=O) groups is 1. The molecule has 1 fully saturated rings. The molecule has 3 N–H and O–H groups in total. The van der Waals surface area contributed by atoms with Crippen molar-refractivity contribution in [2.24, 2.45) is 0 Å². The third-order valence-electron chi connectivity index (χ3n) is 3.36. The molecule has 0 aliphatic carbocycles. The van der Waals surface area contributed by atoms with Crippen LogP contribution in [0.4, 0.5) is 5.69 Å². The Morgan fingerprint density at radius 2 is 2.44 bits per heavy atom. The topological polar surface area (TPSA) is 84.2 Å². The summed E-state index contributed by atoms with van der Waals surface area (Å²) in [7, 11) is 1.77. The predicted molar refractivity (Wildman–Crippen MR) is 68.3 cm³/mol. The van der Waals surface area contributed by atoms with Crippen molar-refractivity contribution in [2.75, 3.05) is 26.0 Å². The van der Waals surface area contributed by atoms with Crippen molar-refractivity contribution < 1.29 is 9.53 Å². The summed E-state index contributed by atoms with van der Waals surface area (Å²) in [6, 6.07) is 0.128. The van der Waals surface area contributed by atoms with Gasteiger partial charge in [0.25, 0.3) is 5.91 Å². The van der Waals surface area contributed by atoms with Crippen LogP contribution in [-0.2, 0) is 11.2 Å². The summed E-state index contributed by atoms with van der Waals surface area (Å²) in [6.07, 6.45) is 2.64. The van der Waals surface area contributed by atoms with Gasteiger partial charge in [0.15, 0.2) is 5.69 Å². The zero-order chi connectivity index (χ0) is 13.1. The summed E-state index contributed by atoms with van der Waals surface area (Å²) >= 11 is 0. The van der Waals surface area contributed by atoms with Gasteiger partial charge in [0.05, 0.1) is 24.0 Å². The van der Waals surface area contributed by atoms with Crippen LogP contribution in [0.1, 0.15) is 35.9 Å². The second kappa shape index (κ2) is 5.39. The molecule has 1 saturated heterocycles. The molecule has 1 atom stereocenters. The zero-order valence-electron chi connectivity index (χ0n) is 10.9. The number of likely N-dealkylation sites (N-methyl/N-ethyl adjacent to an activating group) is 1. The van der Waals surface area contributed by atoms with E-state index in [0.717, 1.165) is 25.0 Å². The number of hydrogen-bond donors (Lipinski definition) is 2. The van der Waals surface area contributed by atoms with Crippen LogP contribution in [0.25, 0.3) is 0 Å². The molecule has 0 spiro atoms. The molecule has 2 heterocycles. The number of amides is 1. The lowest BCUT2D eigenvalue weighted by Gasteiger charge is -2.22. The molecule has 1 amide bonds. The van der Waals surface area contributed by atoms with Crippen LogP contribution in [0.15, 0.2) is 0 Å². The SMILES string of the molecule is CCCc1[nH]nc(C(=O)N(C)C2CCOC2)c1N. The number of ether oxygens (including phenoxy) is 1. The lowest BCUT2D eigenvalue weighted by Crippen LogP contribution is -2.37. The highest BCUT2D eigenvalue weighted by Crippen LogP contribution is 2.19. The van der Waals surface area contributed by atoms with Gasteiger partial charge in [0, 0.05) is 13.7 Å². The number of nitrogens with one attached hydrogen (secondary N) is 1. The van der Waals surface area contributed by atoms with Crippen molar-refractivity contribution in [1.29, 1.82) is 0 Å². The molecular weight excluding hydrogens is 232 g/mol. The molecule has 1 unspecified atom stereocenters. The Labute approximate surface area is 106 Å². The Morgan fingerprint density at radius 1 is 1.67 bits per heavy atom. The Bertz CT molecular complexity index is 424. The van der Waals surface area contributed by atoms with Gasteiger partial charge < -0.3 is 15.4 Å². The van der Waals surface area contributed by atoms with Gasteiger partial charge in [0.1, 0.15) is 0 Å². The van der Waals surface area contributed by atoms with Crippen LogP contribution in [0.3, 0.4) is 0 Å². The van der Waals surface area contributed by atoms with Crippen molar-refractivity contribution >= 4 is 11.6 Å². The summed E-state index contributed by atoms with van der Waals surface area (Å²) in [5, 5.41) is 6.89.